The number of nitrogens with zero attached hydrogens (tertiary/aromatic N) is 2. The van der Waals surface area contributed by atoms with Crippen LogP contribution in [0.1, 0.15) is 62.1 Å². The van der Waals surface area contributed by atoms with Crippen molar-refractivity contribution >= 4 is 12.1 Å². The molecular formula is C14H21N3O4. The minimum atomic E-state index is -1.05. The number of aromatic amines is 1. The van der Waals surface area contributed by atoms with E-state index in [0.29, 0.717) is 18.7 Å². The number of amides is 1. The van der Waals surface area contributed by atoms with Crippen molar-refractivity contribution in [3.05, 3.63) is 17.5 Å². The van der Waals surface area contributed by atoms with Crippen molar-refractivity contribution in [2.75, 3.05) is 6.54 Å². The number of hydrogen-bond acceptors (Lipinski definition) is 4. The fourth-order valence-electron chi connectivity index (χ4n) is 2.49. The number of carbonyl (C=O) groups excluding carboxylic acids is 1. The van der Waals surface area contributed by atoms with Crippen LogP contribution in [0.15, 0.2) is 6.20 Å². The number of carbonyl (C=O) groups is 2. The first-order valence-electron chi connectivity index (χ1n) is 7.06. The molecule has 2 heterocycles. The second-order valence-electron chi connectivity index (χ2n) is 6.19. The van der Waals surface area contributed by atoms with E-state index in [4.69, 9.17) is 4.74 Å². The maximum absolute atomic E-state index is 12.3. The van der Waals surface area contributed by atoms with Gasteiger partial charge in [-0.25, -0.2) is 9.59 Å². The summed E-state index contributed by atoms with van der Waals surface area (Å²) < 4.78 is 5.41. The zero-order chi connectivity index (χ0) is 15.6. The molecule has 1 aromatic rings. The largest absolute Gasteiger partial charge is 0.478 e. The Morgan fingerprint density at radius 3 is 2.76 bits per heavy atom. The standard InChI is InChI=1S/C14H21N3O4/c1-14(2,3)21-13(20)17-7-5-4-6-10(17)11-9(12(18)19)8-15-16-11/h8,10H,4-7H2,1-3H3,(H,15,16)(H,18,19). The molecule has 1 fully saturated rings. The van der Waals surface area contributed by atoms with Crippen LogP contribution in [0, 0.1) is 0 Å². The number of piperidine rings is 1. The third-order valence-corrected chi connectivity index (χ3v) is 3.36. The van der Waals surface area contributed by atoms with Gasteiger partial charge < -0.3 is 9.84 Å². The highest BCUT2D eigenvalue weighted by Crippen LogP contribution is 2.32. The molecule has 116 valence electrons. The van der Waals surface area contributed by atoms with E-state index >= 15 is 0 Å². The van der Waals surface area contributed by atoms with Crippen molar-refractivity contribution in [1.29, 1.82) is 0 Å². The van der Waals surface area contributed by atoms with Crippen molar-refractivity contribution < 1.29 is 19.4 Å². The van der Waals surface area contributed by atoms with E-state index < -0.39 is 17.7 Å². The van der Waals surface area contributed by atoms with Crippen LogP contribution in [0.3, 0.4) is 0 Å². The molecule has 2 rings (SSSR count). The third-order valence-electron chi connectivity index (χ3n) is 3.36. The van der Waals surface area contributed by atoms with Crippen LogP contribution in [0.25, 0.3) is 0 Å². The maximum atomic E-state index is 12.3. The molecule has 2 N–H and O–H groups in total. The maximum Gasteiger partial charge on any atom is 0.410 e. The number of likely N-dealkylation sites (tertiary alicyclic amines) is 1. The van der Waals surface area contributed by atoms with Crippen molar-refractivity contribution in [3.8, 4) is 0 Å². The Kier molecular flexibility index (Phi) is 4.20. The summed E-state index contributed by atoms with van der Waals surface area (Å²) >= 11 is 0. The number of carboxylic acid groups (broad SMARTS) is 1. The molecule has 7 heteroatoms. The topological polar surface area (TPSA) is 95.5 Å². The first kappa shape index (κ1) is 15.3. The fourth-order valence-corrected chi connectivity index (χ4v) is 2.49. The summed E-state index contributed by atoms with van der Waals surface area (Å²) in [4.78, 5) is 25.2. The Bertz CT molecular complexity index is 533. The number of hydrogen-bond donors (Lipinski definition) is 2. The van der Waals surface area contributed by atoms with E-state index in [1.165, 1.54) is 6.20 Å². The van der Waals surface area contributed by atoms with Gasteiger partial charge in [-0.2, -0.15) is 5.10 Å². The van der Waals surface area contributed by atoms with E-state index in [-0.39, 0.29) is 11.6 Å². The lowest BCUT2D eigenvalue weighted by Gasteiger charge is -2.36. The SMILES string of the molecule is CC(C)(C)OC(=O)N1CCCCC1c1[nH]ncc1C(=O)O. The summed E-state index contributed by atoms with van der Waals surface area (Å²) in [5.74, 6) is -1.05. The molecule has 1 aliphatic heterocycles. The van der Waals surface area contributed by atoms with E-state index in [1.54, 1.807) is 4.90 Å². The van der Waals surface area contributed by atoms with E-state index in [2.05, 4.69) is 10.2 Å². The van der Waals surface area contributed by atoms with Crippen LogP contribution in [-0.2, 0) is 4.74 Å². The highest BCUT2D eigenvalue weighted by atomic mass is 16.6. The highest BCUT2D eigenvalue weighted by Gasteiger charge is 2.34. The van der Waals surface area contributed by atoms with Crippen molar-refractivity contribution in [2.24, 2.45) is 0 Å². The quantitative estimate of drug-likeness (QED) is 0.874. The number of aromatic carboxylic acids is 1. The van der Waals surface area contributed by atoms with Gasteiger partial charge in [-0.3, -0.25) is 10.00 Å². The van der Waals surface area contributed by atoms with Gasteiger partial charge in [0.1, 0.15) is 11.2 Å². The van der Waals surface area contributed by atoms with Crippen LogP contribution in [0.2, 0.25) is 0 Å². The summed E-state index contributed by atoms with van der Waals surface area (Å²) in [5.41, 5.74) is -0.00796. The second kappa shape index (κ2) is 5.75. The molecule has 0 saturated carbocycles. The fraction of sp³-hybridized carbons (Fsp3) is 0.643. The van der Waals surface area contributed by atoms with Gasteiger partial charge in [-0.05, 0) is 40.0 Å². The summed E-state index contributed by atoms with van der Waals surface area (Å²) in [6.45, 7) is 5.98. The Morgan fingerprint density at radius 1 is 1.43 bits per heavy atom. The Morgan fingerprint density at radius 2 is 2.14 bits per heavy atom. The Hall–Kier alpha value is -2.05. The summed E-state index contributed by atoms with van der Waals surface area (Å²) in [6, 6.07) is -0.331. The molecule has 7 nitrogen and oxygen atoms in total. The zero-order valence-electron chi connectivity index (χ0n) is 12.5. The molecule has 1 atom stereocenters. The van der Waals surface area contributed by atoms with Gasteiger partial charge in [0.05, 0.1) is 17.9 Å². The highest BCUT2D eigenvalue weighted by molar-refractivity contribution is 5.89. The van der Waals surface area contributed by atoms with Gasteiger partial charge in [0.25, 0.3) is 0 Å². The van der Waals surface area contributed by atoms with Gasteiger partial charge in [0.2, 0.25) is 0 Å². The Labute approximate surface area is 123 Å². The first-order valence-corrected chi connectivity index (χ1v) is 7.06. The van der Waals surface area contributed by atoms with Crippen LogP contribution in [0.5, 0.6) is 0 Å². The molecule has 0 aliphatic carbocycles. The molecule has 1 unspecified atom stereocenters. The first-order chi connectivity index (χ1) is 9.79. The average molecular weight is 295 g/mol. The van der Waals surface area contributed by atoms with E-state index in [9.17, 15) is 14.7 Å². The number of nitrogens with one attached hydrogen (secondary N) is 1. The van der Waals surface area contributed by atoms with Gasteiger partial charge in [0, 0.05) is 6.54 Å². The van der Waals surface area contributed by atoms with E-state index in [1.807, 2.05) is 20.8 Å². The van der Waals surface area contributed by atoms with Crippen LogP contribution >= 0.6 is 0 Å². The Balaban J connectivity index is 2.25. The van der Waals surface area contributed by atoms with Crippen LogP contribution in [-0.4, -0.2) is 44.4 Å². The molecule has 21 heavy (non-hydrogen) atoms. The van der Waals surface area contributed by atoms with Crippen molar-refractivity contribution in [1.82, 2.24) is 15.1 Å². The summed E-state index contributed by atoms with van der Waals surface area (Å²) in [7, 11) is 0. The smallest absolute Gasteiger partial charge is 0.410 e. The lowest BCUT2D eigenvalue weighted by molar-refractivity contribution is 0.00871. The summed E-state index contributed by atoms with van der Waals surface area (Å²) in [6.07, 6.45) is 3.37. The molecule has 0 aromatic carbocycles. The number of aromatic nitrogens is 2. The third kappa shape index (κ3) is 3.53. The lowest BCUT2D eigenvalue weighted by Crippen LogP contribution is -2.42. The number of H-pyrrole nitrogens is 1. The normalized spacial score (nSPS) is 19.4. The van der Waals surface area contributed by atoms with Crippen molar-refractivity contribution in [2.45, 2.75) is 51.7 Å². The monoisotopic (exact) mass is 295 g/mol. The average Bonchev–Trinajstić information content (AvgIpc) is 2.85. The number of carboxylic acids is 1. The van der Waals surface area contributed by atoms with Gasteiger partial charge in [-0.15, -0.1) is 0 Å². The lowest BCUT2D eigenvalue weighted by atomic mass is 9.97. The van der Waals surface area contributed by atoms with Gasteiger partial charge >= 0.3 is 12.1 Å². The van der Waals surface area contributed by atoms with E-state index in [0.717, 1.165) is 12.8 Å². The molecule has 0 spiro atoms. The summed E-state index contributed by atoms with van der Waals surface area (Å²) in [5, 5.41) is 15.7. The van der Waals surface area contributed by atoms with Gasteiger partial charge in [-0.1, -0.05) is 0 Å². The van der Waals surface area contributed by atoms with Gasteiger partial charge in [0.15, 0.2) is 0 Å². The molecule has 0 bridgehead atoms. The zero-order valence-corrected chi connectivity index (χ0v) is 12.5. The minimum absolute atomic E-state index is 0.107. The van der Waals surface area contributed by atoms with Crippen molar-refractivity contribution in [3.63, 3.8) is 0 Å². The molecule has 0 radical (unpaired) electrons. The molecular weight excluding hydrogens is 274 g/mol. The number of ether oxygens (including phenoxy) is 1. The molecule has 1 saturated heterocycles. The molecule has 1 aliphatic rings. The minimum Gasteiger partial charge on any atom is -0.478 e. The van der Waals surface area contributed by atoms with Crippen LogP contribution < -0.4 is 0 Å². The predicted octanol–water partition coefficient (Wildman–Crippen LogP) is 2.57. The van der Waals surface area contributed by atoms with Crippen LogP contribution in [0.4, 0.5) is 4.79 Å². The molecule has 1 amide bonds. The molecule has 1 aromatic heterocycles. The second-order valence-corrected chi connectivity index (χ2v) is 6.19. The predicted molar refractivity (Wildman–Crippen MR) is 75.1 cm³/mol. The number of rotatable bonds is 2.